The molecule has 1 aromatic rings. The van der Waals surface area contributed by atoms with Crippen LogP contribution in [-0.4, -0.2) is 26.1 Å². The van der Waals surface area contributed by atoms with Crippen molar-refractivity contribution in [2.45, 2.75) is 26.1 Å². The van der Waals surface area contributed by atoms with Crippen LogP contribution in [0.5, 0.6) is 0 Å². The Labute approximate surface area is 132 Å². The summed E-state index contributed by atoms with van der Waals surface area (Å²) in [5.74, 6) is -1.25. The highest BCUT2D eigenvalue weighted by Gasteiger charge is 2.35. The number of anilines is 1. The van der Waals surface area contributed by atoms with Crippen molar-refractivity contribution in [3.63, 3.8) is 0 Å². The molecule has 0 unspecified atom stereocenters. The van der Waals surface area contributed by atoms with Crippen molar-refractivity contribution in [3.8, 4) is 0 Å². The second-order valence-electron chi connectivity index (χ2n) is 5.64. The maximum absolute atomic E-state index is 12.9. The number of rotatable bonds is 3. The highest BCUT2D eigenvalue weighted by molar-refractivity contribution is 7.94. The van der Waals surface area contributed by atoms with E-state index in [1.165, 1.54) is 18.2 Å². The summed E-state index contributed by atoms with van der Waals surface area (Å²) in [5.41, 5.74) is -0.855. The summed E-state index contributed by atoms with van der Waals surface area (Å²) < 4.78 is 61.8. The lowest BCUT2D eigenvalue weighted by Gasteiger charge is -2.29. The Hall–Kier alpha value is -1.83. The largest absolute Gasteiger partial charge is 0.416 e. The van der Waals surface area contributed by atoms with Crippen molar-refractivity contribution in [2.24, 2.45) is 5.92 Å². The molecular formula is C15H16F3NO3S. The van der Waals surface area contributed by atoms with Crippen LogP contribution in [0.1, 0.15) is 19.4 Å². The fourth-order valence-electron chi connectivity index (χ4n) is 2.31. The van der Waals surface area contributed by atoms with Crippen LogP contribution in [0.25, 0.3) is 0 Å². The Morgan fingerprint density at radius 3 is 2.43 bits per heavy atom. The molecule has 23 heavy (non-hydrogen) atoms. The zero-order valence-electron chi connectivity index (χ0n) is 12.5. The standard InChI is InChI=1S/C15H16F3NO3S/c1-10(2)14(20)19(13-6-7-23(21,22)9-13)12-5-3-4-11(8-12)15(16,17)18/h3-8,10,13H,9H2,1-2H3/t13-/m1/s1. The van der Waals surface area contributed by atoms with Gasteiger partial charge in [-0.1, -0.05) is 19.9 Å². The minimum absolute atomic E-state index is 0.0327. The van der Waals surface area contributed by atoms with Crippen molar-refractivity contribution in [2.75, 3.05) is 10.7 Å². The van der Waals surface area contributed by atoms with Crippen molar-refractivity contribution in [1.29, 1.82) is 0 Å². The third-order valence-corrected chi connectivity index (χ3v) is 4.80. The molecule has 0 saturated carbocycles. The lowest BCUT2D eigenvalue weighted by atomic mass is 10.1. The quantitative estimate of drug-likeness (QED) is 0.845. The summed E-state index contributed by atoms with van der Waals surface area (Å²) in [6.07, 6.45) is -3.21. The van der Waals surface area contributed by atoms with Crippen molar-refractivity contribution >= 4 is 21.4 Å². The van der Waals surface area contributed by atoms with Gasteiger partial charge in [0.25, 0.3) is 0 Å². The maximum atomic E-state index is 12.9. The average molecular weight is 347 g/mol. The number of carbonyl (C=O) groups is 1. The molecule has 0 aliphatic carbocycles. The van der Waals surface area contributed by atoms with Gasteiger partial charge in [0.05, 0.1) is 17.4 Å². The minimum atomic E-state index is -4.54. The minimum Gasteiger partial charge on any atom is -0.304 e. The zero-order chi connectivity index (χ0) is 17.4. The van der Waals surface area contributed by atoms with Crippen LogP contribution < -0.4 is 4.90 Å². The van der Waals surface area contributed by atoms with Crippen LogP contribution in [0.2, 0.25) is 0 Å². The fourth-order valence-corrected chi connectivity index (χ4v) is 3.58. The van der Waals surface area contributed by atoms with Crippen molar-refractivity contribution < 1.29 is 26.4 Å². The molecule has 126 valence electrons. The predicted molar refractivity (Wildman–Crippen MR) is 80.5 cm³/mol. The van der Waals surface area contributed by atoms with Crippen molar-refractivity contribution in [1.82, 2.24) is 0 Å². The van der Waals surface area contributed by atoms with Crippen LogP contribution in [0.15, 0.2) is 35.7 Å². The predicted octanol–water partition coefficient (Wildman–Crippen LogP) is 3.01. The number of sulfone groups is 1. The molecular weight excluding hydrogens is 331 g/mol. The number of benzene rings is 1. The van der Waals surface area contributed by atoms with Crippen LogP contribution >= 0.6 is 0 Å². The van der Waals surface area contributed by atoms with E-state index in [9.17, 15) is 26.4 Å². The normalized spacial score (nSPS) is 20.0. The SMILES string of the molecule is CC(C)C(=O)N(c1cccc(C(F)(F)F)c1)[C@@H]1C=CS(=O)(=O)C1. The molecule has 0 aromatic heterocycles. The third-order valence-electron chi connectivity index (χ3n) is 3.43. The van der Waals surface area contributed by atoms with Gasteiger partial charge in [0.1, 0.15) is 0 Å². The molecule has 1 aliphatic rings. The monoisotopic (exact) mass is 347 g/mol. The van der Waals surface area contributed by atoms with Crippen LogP contribution in [0.4, 0.5) is 18.9 Å². The maximum Gasteiger partial charge on any atom is 0.416 e. The van der Waals surface area contributed by atoms with Gasteiger partial charge in [0.15, 0.2) is 9.84 Å². The summed E-state index contributed by atoms with van der Waals surface area (Å²) in [7, 11) is -3.44. The number of hydrogen-bond donors (Lipinski definition) is 0. The molecule has 1 amide bonds. The Bertz CT molecular complexity index is 739. The van der Waals surface area contributed by atoms with Gasteiger partial charge in [-0.2, -0.15) is 13.2 Å². The third kappa shape index (κ3) is 3.93. The molecule has 4 nitrogen and oxygen atoms in total. The molecule has 0 spiro atoms. The molecule has 1 aliphatic heterocycles. The lowest BCUT2D eigenvalue weighted by Crippen LogP contribution is -2.43. The van der Waals surface area contributed by atoms with E-state index in [1.807, 2.05) is 0 Å². The second kappa shape index (κ2) is 5.99. The summed E-state index contributed by atoms with van der Waals surface area (Å²) in [4.78, 5) is 13.5. The van der Waals surface area contributed by atoms with E-state index in [2.05, 4.69) is 0 Å². The number of amides is 1. The van der Waals surface area contributed by atoms with E-state index in [0.29, 0.717) is 0 Å². The first-order chi connectivity index (χ1) is 10.5. The van der Waals surface area contributed by atoms with Crippen LogP contribution in [-0.2, 0) is 20.8 Å². The van der Waals surface area contributed by atoms with E-state index in [4.69, 9.17) is 0 Å². The molecule has 1 atom stereocenters. The second-order valence-corrected chi connectivity index (χ2v) is 7.57. The Kier molecular flexibility index (Phi) is 4.57. The van der Waals surface area contributed by atoms with Gasteiger partial charge in [-0.15, -0.1) is 0 Å². The van der Waals surface area contributed by atoms with E-state index >= 15 is 0 Å². The number of hydrogen-bond acceptors (Lipinski definition) is 3. The van der Waals surface area contributed by atoms with Gasteiger partial charge in [-0.05, 0) is 24.3 Å². The lowest BCUT2D eigenvalue weighted by molar-refractivity contribution is -0.137. The highest BCUT2D eigenvalue weighted by atomic mass is 32.2. The number of nitrogens with zero attached hydrogens (tertiary/aromatic N) is 1. The first kappa shape index (κ1) is 17.5. The summed E-state index contributed by atoms with van der Waals surface area (Å²) >= 11 is 0. The topological polar surface area (TPSA) is 54.5 Å². The Morgan fingerprint density at radius 2 is 1.96 bits per heavy atom. The molecule has 2 rings (SSSR count). The Balaban J connectivity index is 2.47. The van der Waals surface area contributed by atoms with Gasteiger partial charge in [0.2, 0.25) is 5.91 Å². The van der Waals surface area contributed by atoms with E-state index in [-0.39, 0.29) is 11.4 Å². The van der Waals surface area contributed by atoms with Crippen LogP contribution in [0, 0.1) is 5.92 Å². The number of halogens is 3. The van der Waals surface area contributed by atoms with Gasteiger partial charge >= 0.3 is 6.18 Å². The molecule has 1 heterocycles. The van der Waals surface area contributed by atoms with Crippen LogP contribution in [0.3, 0.4) is 0 Å². The van der Waals surface area contributed by atoms with Gasteiger partial charge in [0, 0.05) is 17.0 Å². The first-order valence-electron chi connectivity index (χ1n) is 6.92. The molecule has 0 fully saturated rings. The number of carbonyl (C=O) groups excluding carboxylic acids is 1. The van der Waals surface area contributed by atoms with Gasteiger partial charge in [-0.25, -0.2) is 8.42 Å². The van der Waals surface area contributed by atoms with Gasteiger partial charge < -0.3 is 4.90 Å². The summed E-state index contributed by atoms with van der Waals surface area (Å²) in [6.45, 7) is 3.21. The summed E-state index contributed by atoms with van der Waals surface area (Å²) in [5, 5.41) is 0.992. The van der Waals surface area contributed by atoms with E-state index in [1.54, 1.807) is 13.8 Å². The molecule has 8 heteroatoms. The smallest absolute Gasteiger partial charge is 0.304 e. The van der Waals surface area contributed by atoms with E-state index < -0.39 is 39.4 Å². The Morgan fingerprint density at radius 1 is 1.30 bits per heavy atom. The highest BCUT2D eigenvalue weighted by Crippen LogP contribution is 2.33. The molecule has 0 radical (unpaired) electrons. The molecule has 0 bridgehead atoms. The molecule has 0 N–H and O–H groups in total. The zero-order valence-corrected chi connectivity index (χ0v) is 13.4. The summed E-state index contributed by atoms with van der Waals surface area (Å²) in [6, 6.07) is 3.53. The number of alkyl halides is 3. The fraction of sp³-hybridized carbons (Fsp3) is 0.400. The van der Waals surface area contributed by atoms with Gasteiger partial charge in [-0.3, -0.25) is 4.79 Å². The molecule has 1 aromatic carbocycles. The average Bonchev–Trinajstić information content (AvgIpc) is 2.78. The van der Waals surface area contributed by atoms with E-state index in [0.717, 1.165) is 22.4 Å². The molecule has 0 saturated heterocycles. The van der Waals surface area contributed by atoms with Crippen molar-refractivity contribution in [3.05, 3.63) is 41.3 Å². The first-order valence-corrected chi connectivity index (χ1v) is 8.64.